The van der Waals surface area contributed by atoms with E-state index < -0.39 is 0 Å². The Morgan fingerprint density at radius 1 is 1.12 bits per heavy atom. The van der Waals surface area contributed by atoms with Crippen molar-refractivity contribution < 1.29 is 14.3 Å². The van der Waals surface area contributed by atoms with Crippen LogP contribution < -0.4 is 14.8 Å². The Kier molecular flexibility index (Phi) is 5.66. The minimum Gasteiger partial charge on any atom is -0.493 e. The third-order valence-corrected chi connectivity index (χ3v) is 5.25. The number of benzene rings is 2. The largest absolute Gasteiger partial charge is 0.493 e. The van der Waals surface area contributed by atoms with Crippen LogP contribution in [-0.2, 0) is 4.79 Å². The second-order valence-corrected chi connectivity index (χ2v) is 6.98. The molecule has 1 heterocycles. The van der Waals surface area contributed by atoms with Crippen molar-refractivity contribution in [1.82, 2.24) is 4.98 Å². The van der Waals surface area contributed by atoms with Gasteiger partial charge in [0.25, 0.3) is 0 Å². The third kappa shape index (κ3) is 3.93. The van der Waals surface area contributed by atoms with E-state index in [9.17, 15) is 4.79 Å². The summed E-state index contributed by atoms with van der Waals surface area (Å²) in [6.45, 7) is 0. The molecular weight excluding hydrogens is 395 g/mol. The first kappa shape index (κ1) is 18.5. The molecule has 8 heteroatoms. The van der Waals surface area contributed by atoms with Gasteiger partial charge < -0.3 is 9.47 Å². The number of anilines is 1. The summed E-state index contributed by atoms with van der Waals surface area (Å²) in [5.74, 6) is 0.897. The summed E-state index contributed by atoms with van der Waals surface area (Å²) in [4.78, 5) is 16.5. The first-order valence-electron chi connectivity index (χ1n) is 7.47. The van der Waals surface area contributed by atoms with Gasteiger partial charge in [-0.15, -0.1) is 0 Å². The van der Waals surface area contributed by atoms with Crippen LogP contribution >= 0.6 is 34.5 Å². The highest BCUT2D eigenvalue weighted by Gasteiger charge is 2.11. The molecule has 3 aromatic rings. The maximum absolute atomic E-state index is 12.2. The molecule has 0 spiro atoms. The van der Waals surface area contributed by atoms with Crippen LogP contribution in [0, 0.1) is 0 Å². The number of carbonyl (C=O) groups is 1. The third-order valence-electron chi connectivity index (χ3n) is 3.51. The molecule has 0 fully saturated rings. The standard InChI is InChI=1S/C18H14Cl2N2O3S/c1-24-13-7-3-10(9-14(13)25-2)4-8-15(23)21-18-22-16-11(19)5-6-12(20)17(16)26-18/h3-9H,1-2H3,(H,21,22,23)/b8-4+. The van der Waals surface area contributed by atoms with Crippen LogP contribution in [0.3, 0.4) is 0 Å². The van der Waals surface area contributed by atoms with Gasteiger partial charge in [0.15, 0.2) is 16.6 Å². The van der Waals surface area contributed by atoms with Crippen LogP contribution in [-0.4, -0.2) is 25.1 Å². The molecule has 0 unspecified atom stereocenters. The summed E-state index contributed by atoms with van der Waals surface area (Å²) in [5, 5.41) is 4.18. The number of nitrogens with one attached hydrogen (secondary N) is 1. The quantitative estimate of drug-likeness (QED) is 0.583. The number of amides is 1. The molecular formula is C18H14Cl2N2O3S. The van der Waals surface area contributed by atoms with E-state index >= 15 is 0 Å². The molecule has 2 aromatic carbocycles. The van der Waals surface area contributed by atoms with Crippen LogP contribution in [0.5, 0.6) is 11.5 Å². The van der Waals surface area contributed by atoms with E-state index in [-0.39, 0.29) is 5.91 Å². The van der Waals surface area contributed by atoms with Crippen LogP contribution in [0.2, 0.25) is 10.0 Å². The highest BCUT2D eigenvalue weighted by molar-refractivity contribution is 7.23. The zero-order valence-electron chi connectivity index (χ0n) is 13.9. The van der Waals surface area contributed by atoms with E-state index in [0.717, 1.165) is 10.3 Å². The van der Waals surface area contributed by atoms with Gasteiger partial charge >= 0.3 is 0 Å². The summed E-state index contributed by atoms with van der Waals surface area (Å²) in [6.07, 6.45) is 3.08. The zero-order chi connectivity index (χ0) is 18.7. The number of carbonyl (C=O) groups excluding carboxylic acids is 1. The molecule has 1 amide bonds. The normalized spacial score (nSPS) is 11.1. The number of methoxy groups -OCH3 is 2. The molecule has 3 rings (SSSR count). The smallest absolute Gasteiger partial charge is 0.250 e. The first-order valence-corrected chi connectivity index (χ1v) is 9.04. The number of rotatable bonds is 5. The number of thiazole rings is 1. The zero-order valence-corrected chi connectivity index (χ0v) is 16.2. The van der Waals surface area contributed by atoms with Gasteiger partial charge in [-0.05, 0) is 35.9 Å². The van der Waals surface area contributed by atoms with Crippen molar-refractivity contribution in [3.8, 4) is 11.5 Å². The van der Waals surface area contributed by atoms with E-state index in [0.29, 0.717) is 32.2 Å². The lowest BCUT2D eigenvalue weighted by molar-refractivity contribution is -0.111. The van der Waals surface area contributed by atoms with Crippen LogP contribution in [0.15, 0.2) is 36.4 Å². The molecule has 0 aliphatic carbocycles. The fraction of sp³-hybridized carbons (Fsp3) is 0.111. The molecule has 0 aliphatic heterocycles. The Bertz CT molecular complexity index is 963. The second-order valence-electron chi connectivity index (χ2n) is 5.16. The summed E-state index contributed by atoms with van der Waals surface area (Å²) in [5.41, 5.74) is 1.37. The lowest BCUT2D eigenvalue weighted by atomic mass is 10.2. The number of ether oxygens (including phenoxy) is 2. The molecule has 1 aromatic heterocycles. The van der Waals surface area contributed by atoms with Crippen molar-refractivity contribution in [2.45, 2.75) is 0 Å². The highest BCUT2D eigenvalue weighted by atomic mass is 35.5. The molecule has 0 saturated heterocycles. The van der Waals surface area contributed by atoms with Gasteiger partial charge in [-0.3, -0.25) is 10.1 Å². The van der Waals surface area contributed by atoms with Crippen molar-refractivity contribution in [2.75, 3.05) is 19.5 Å². The second kappa shape index (κ2) is 7.95. The van der Waals surface area contributed by atoms with E-state index in [2.05, 4.69) is 10.3 Å². The molecule has 0 bridgehead atoms. The Labute approximate surface area is 164 Å². The van der Waals surface area contributed by atoms with Crippen molar-refractivity contribution in [3.63, 3.8) is 0 Å². The fourth-order valence-electron chi connectivity index (χ4n) is 2.27. The SMILES string of the molecule is COc1ccc(/C=C/C(=O)Nc2nc3c(Cl)ccc(Cl)c3s2)cc1OC. The van der Waals surface area contributed by atoms with Gasteiger partial charge in [0, 0.05) is 6.08 Å². The minimum absolute atomic E-state index is 0.314. The summed E-state index contributed by atoms with van der Waals surface area (Å²) < 4.78 is 11.2. The van der Waals surface area contributed by atoms with Gasteiger partial charge in [0.2, 0.25) is 5.91 Å². The molecule has 5 nitrogen and oxygen atoms in total. The highest BCUT2D eigenvalue weighted by Crippen LogP contribution is 2.36. The molecule has 26 heavy (non-hydrogen) atoms. The van der Waals surface area contributed by atoms with E-state index in [4.69, 9.17) is 32.7 Å². The van der Waals surface area contributed by atoms with E-state index in [1.165, 1.54) is 17.4 Å². The van der Waals surface area contributed by atoms with Crippen molar-refractivity contribution in [3.05, 3.63) is 52.0 Å². The lowest BCUT2D eigenvalue weighted by Crippen LogP contribution is -2.07. The van der Waals surface area contributed by atoms with Crippen LogP contribution in [0.1, 0.15) is 5.56 Å². The van der Waals surface area contributed by atoms with Crippen molar-refractivity contribution >= 4 is 61.9 Å². The number of halogens is 2. The van der Waals surface area contributed by atoms with Crippen LogP contribution in [0.25, 0.3) is 16.3 Å². The molecule has 0 aliphatic rings. The molecule has 1 N–H and O–H groups in total. The maximum atomic E-state index is 12.2. The maximum Gasteiger partial charge on any atom is 0.250 e. The van der Waals surface area contributed by atoms with E-state index in [1.54, 1.807) is 44.6 Å². The van der Waals surface area contributed by atoms with Gasteiger partial charge in [-0.2, -0.15) is 0 Å². The number of hydrogen-bond donors (Lipinski definition) is 1. The Morgan fingerprint density at radius 2 is 1.85 bits per heavy atom. The van der Waals surface area contributed by atoms with Gasteiger partial charge in [0.1, 0.15) is 5.52 Å². The molecule has 0 radical (unpaired) electrons. The van der Waals surface area contributed by atoms with Gasteiger partial charge in [0.05, 0.1) is 29.0 Å². The van der Waals surface area contributed by atoms with Gasteiger partial charge in [-0.1, -0.05) is 40.6 Å². The fourth-order valence-corrected chi connectivity index (χ4v) is 3.70. The average molecular weight is 409 g/mol. The Morgan fingerprint density at radius 3 is 2.54 bits per heavy atom. The monoisotopic (exact) mass is 408 g/mol. The molecule has 0 atom stereocenters. The average Bonchev–Trinajstić information content (AvgIpc) is 3.07. The van der Waals surface area contributed by atoms with Gasteiger partial charge in [-0.25, -0.2) is 4.98 Å². The first-order chi connectivity index (χ1) is 12.5. The molecule has 134 valence electrons. The lowest BCUT2D eigenvalue weighted by Gasteiger charge is -2.07. The summed E-state index contributed by atoms with van der Waals surface area (Å²) in [6, 6.07) is 8.75. The predicted molar refractivity (Wildman–Crippen MR) is 107 cm³/mol. The van der Waals surface area contributed by atoms with Crippen molar-refractivity contribution in [2.24, 2.45) is 0 Å². The predicted octanol–water partition coefficient (Wildman–Crippen LogP) is 5.27. The Hall–Kier alpha value is -2.28. The number of hydrogen-bond acceptors (Lipinski definition) is 5. The topological polar surface area (TPSA) is 60.5 Å². The summed E-state index contributed by atoms with van der Waals surface area (Å²) >= 11 is 13.5. The number of aromatic nitrogens is 1. The molecule has 0 saturated carbocycles. The van der Waals surface area contributed by atoms with E-state index in [1.807, 2.05) is 6.07 Å². The van der Waals surface area contributed by atoms with Crippen LogP contribution in [0.4, 0.5) is 5.13 Å². The summed E-state index contributed by atoms with van der Waals surface area (Å²) in [7, 11) is 3.12. The van der Waals surface area contributed by atoms with Crippen molar-refractivity contribution in [1.29, 1.82) is 0 Å². The Balaban J connectivity index is 1.76. The number of nitrogens with zero attached hydrogens (tertiary/aromatic N) is 1. The minimum atomic E-state index is -0.314. The number of fused-ring (bicyclic) bond motifs is 1.